The van der Waals surface area contributed by atoms with Gasteiger partial charge in [-0.25, -0.2) is 0 Å². The van der Waals surface area contributed by atoms with Gasteiger partial charge in [0.05, 0.1) is 0 Å². The van der Waals surface area contributed by atoms with Crippen molar-refractivity contribution in [1.29, 1.82) is 0 Å². The quantitative estimate of drug-likeness (QED) is 0.393. The Kier molecular flexibility index (Phi) is 6.08. The summed E-state index contributed by atoms with van der Waals surface area (Å²) >= 11 is 5.34. The molecular weight excluding hydrogens is 410 g/mol. The van der Waals surface area contributed by atoms with E-state index in [1.807, 2.05) is 47.9 Å². The molecule has 0 aliphatic carbocycles. The van der Waals surface area contributed by atoms with Crippen molar-refractivity contribution in [3.05, 3.63) is 70.5 Å². The van der Waals surface area contributed by atoms with Gasteiger partial charge >= 0.3 is 0 Å². The molecule has 2 heterocycles. The summed E-state index contributed by atoms with van der Waals surface area (Å²) < 4.78 is 7.58. The average Bonchev–Trinajstić information content (AvgIpc) is 3.39. The van der Waals surface area contributed by atoms with Gasteiger partial charge in [0.15, 0.2) is 10.6 Å². The number of nitrogens with zero attached hydrogens (tertiary/aromatic N) is 3. The molecule has 4 aromatic rings. The zero-order valence-electron chi connectivity index (χ0n) is 17.4. The fourth-order valence-electron chi connectivity index (χ4n) is 3.24. The summed E-state index contributed by atoms with van der Waals surface area (Å²) in [4.78, 5) is 12.5. The number of benzene rings is 2. The lowest BCUT2D eigenvalue weighted by Gasteiger charge is -2.07. The lowest BCUT2D eigenvalue weighted by molar-refractivity contribution is -0.116. The monoisotopic (exact) mass is 433 g/mol. The van der Waals surface area contributed by atoms with Gasteiger partial charge < -0.3 is 4.52 Å². The molecule has 2 N–H and O–H groups in total. The molecule has 158 valence electrons. The summed E-state index contributed by atoms with van der Waals surface area (Å²) in [6.45, 7) is 4.53. The van der Waals surface area contributed by atoms with E-state index in [0.717, 1.165) is 23.1 Å². The molecule has 0 radical (unpaired) electrons. The molecular formula is C23H23N5O2S. The standard InChI is InChI=1S/C23H23N5O2S/c1-3-16-6-10-17(11-7-16)19-14-21(30-27-19)24-20(29)12-13-28-22(25-26-23(28)31)18-8-4-15(2)5-9-18/h4-11,14H,3,12-13H2,1-2H3,(H,24,29)(H,26,31). The van der Waals surface area contributed by atoms with Crippen LogP contribution in [-0.2, 0) is 17.8 Å². The van der Waals surface area contributed by atoms with Crippen LogP contribution in [0.15, 0.2) is 59.1 Å². The Morgan fingerprint density at radius 1 is 1.13 bits per heavy atom. The summed E-state index contributed by atoms with van der Waals surface area (Å²) in [5, 5.41) is 13.9. The fraction of sp³-hybridized carbons (Fsp3) is 0.217. The van der Waals surface area contributed by atoms with Gasteiger partial charge in [0.1, 0.15) is 5.69 Å². The largest absolute Gasteiger partial charge is 0.338 e. The Morgan fingerprint density at radius 3 is 2.55 bits per heavy atom. The number of amides is 1. The van der Waals surface area contributed by atoms with E-state index in [1.54, 1.807) is 6.07 Å². The Bertz CT molecular complexity index is 1240. The fourth-order valence-corrected chi connectivity index (χ4v) is 3.47. The summed E-state index contributed by atoms with van der Waals surface area (Å²) in [6, 6.07) is 17.8. The topological polar surface area (TPSA) is 88.7 Å². The first-order valence-corrected chi connectivity index (χ1v) is 10.5. The third-order valence-electron chi connectivity index (χ3n) is 5.06. The van der Waals surface area contributed by atoms with Crippen molar-refractivity contribution in [2.75, 3.05) is 5.32 Å². The van der Waals surface area contributed by atoms with Crippen molar-refractivity contribution < 1.29 is 9.32 Å². The highest BCUT2D eigenvalue weighted by Gasteiger charge is 2.13. The Labute approximate surface area is 185 Å². The number of aryl methyl sites for hydroxylation is 2. The molecule has 1 amide bonds. The first-order valence-electron chi connectivity index (χ1n) is 10.1. The second-order valence-corrected chi connectivity index (χ2v) is 7.68. The number of aromatic nitrogens is 4. The first-order chi connectivity index (χ1) is 15.0. The number of rotatable bonds is 7. The molecule has 0 unspecified atom stereocenters. The van der Waals surface area contributed by atoms with Crippen LogP contribution in [0.4, 0.5) is 5.88 Å². The van der Waals surface area contributed by atoms with E-state index in [4.69, 9.17) is 16.7 Å². The Balaban J connectivity index is 1.40. The Morgan fingerprint density at radius 2 is 1.84 bits per heavy atom. The van der Waals surface area contributed by atoms with E-state index in [0.29, 0.717) is 28.7 Å². The molecule has 0 atom stereocenters. The minimum atomic E-state index is -0.193. The predicted octanol–water partition coefficient (Wildman–Crippen LogP) is 5.16. The lowest BCUT2D eigenvalue weighted by Crippen LogP contribution is -2.14. The molecule has 0 aliphatic rings. The molecule has 0 saturated heterocycles. The molecule has 0 spiro atoms. The zero-order chi connectivity index (χ0) is 21.8. The van der Waals surface area contributed by atoms with E-state index in [9.17, 15) is 4.79 Å². The smallest absolute Gasteiger partial charge is 0.231 e. The zero-order valence-corrected chi connectivity index (χ0v) is 18.2. The molecule has 31 heavy (non-hydrogen) atoms. The van der Waals surface area contributed by atoms with Crippen LogP contribution in [0.5, 0.6) is 0 Å². The minimum absolute atomic E-state index is 0.193. The van der Waals surface area contributed by atoms with Crippen LogP contribution in [0, 0.1) is 11.7 Å². The second kappa shape index (κ2) is 9.09. The summed E-state index contributed by atoms with van der Waals surface area (Å²) in [5.41, 5.74) is 4.97. The van der Waals surface area contributed by atoms with Gasteiger partial charge in [0.25, 0.3) is 0 Å². The van der Waals surface area contributed by atoms with Crippen LogP contribution in [0.2, 0.25) is 0 Å². The highest BCUT2D eigenvalue weighted by Crippen LogP contribution is 2.23. The van der Waals surface area contributed by atoms with Crippen molar-refractivity contribution in [1.82, 2.24) is 19.9 Å². The van der Waals surface area contributed by atoms with Crippen molar-refractivity contribution >= 4 is 24.0 Å². The summed E-state index contributed by atoms with van der Waals surface area (Å²) in [5.74, 6) is 0.825. The van der Waals surface area contributed by atoms with Gasteiger partial charge in [-0.2, -0.15) is 5.10 Å². The predicted molar refractivity (Wildman–Crippen MR) is 122 cm³/mol. The number of carbonyl (C=O) groups is 1. The summed E-state index contributed by atoms with van der Waals surface area (Å²) in [7, 11) is 0. The van der Waals surface area contributed by atoms with Crippen LogP contribution in [-0.4, -0.2) is 25.8 Å². The van der Waals surface area contributed by atoms with E-state index < -0.39 is 0 Å². The third-order valence-corrected chi connectivity index (χ3v) is 5.37. The molecule has 2 aromatic heterocycles. The molecule has 2 aromatic carbocycles. The lowest BCUT2D eigenvalue weighted by atomic mass is 10.1. The van der Waals surface area contributed by atoms with Crippen molar-refractivity contribution in [2.45, 2.75) is 33.2 Å². The van der Waals surface area contributed by atoms with Gasteiger partial charge in [0.2, 0.25) is 11.8 Å². The maximum atomic E-state index is 12.5. The number of hydrogen-bond donors (Lipinski definition) is 2. The van der Waals surface area contributed by atoms with Crippen LogP contribution < -0.4 is 5.32 Å². The highest BCUT2D eigenvalue weighted by atomic mass is 32.1. The molecule has 0 bridgehead atoms. The molecule has 8 heteroatoms. The SMILES string of the molecule is CCc1ccc(-c2cc(NC(=O)CCn3c(-c4ccc(C)cc4)n[nH]c3=S)on2)cc1. The third kappa shape index (κ3) is 4.80. The molecule has 7 nitrogen and oxygen atoms in total. The molecule has 0 aliphatic heterocycles. The van der Waals surface area contributed by atoms with Gasteiger partial charge in [-0.3, -0.25) is 19.8 Å². The van der Waals surface area contributed by atoms with Gasteiger partial charge in [-0.1, -0.05) is 66.2 Å². The van der Waals surface area contributed by atoms with Crippen molar-refractivity contribution in [3.8, 4) is 22.6 Å². The maximum Gasteiger partial charge on any atom is 0.231 e. The molecule has 0 fully saturated rings. The van der Waals surface area contributed by atoms with E-state index in [1.165, 1.54) is 5.56 Å². The number of carbonyl (C=O) groups excluding carboxylic acids is 1. The van der Waals surface area contributed by atoms with E-state index in [2.05, 4.69) is 39.7 Å². The number of aromatic amines is 1. The van der Waals surface area contributed by atoms with Gasteiger partial charge in [-0.05, 0) is 31.1 Å². The molecule has 4 rings (SSSR count). The van der Waals surface area contributed by atoms with Gasteiger partial charge in [-0.15, -0.1) is 0 Å². The number of anilines is 1. The number of nitrogens with one attached hydrogen (secondary N) is 2. The summed E-state index contributed by atoms with van der Waals surface area (Å²) in [6.07, 6.45) is 1.20. The van der Waals surface area contributed by atoms with E-state index in [-0.39, 0.29) is 12.3 Å². The van der Waals surface area contributed by atoms with Crippen LogP contribution in [0.25, 0.3) is 22.6 Å². The first kappa shape index (κ1) is 20.7. The number of H-pyrrole nitrogens is 1. The normalized spacial score (nSPS) is 10.9. The maximum absolute atomic E-state index is 12.5. The minimum Gasteiger partial charge on any atom is -0.338 e. The van der Waals surface area contributed by atoms with Crippen molar-refractivity contribution in [3.63, 3.8) is 0 Å². The van der Waals surface area contributed by atoms with Crippen molar-refractivity contribution in [2.24, 2.45) is 0 Å². The van der Waals surface area contributed by atoms with Gasteiger partial charge in [0, 0.05) is 30.2 Å². The number of hydrogen-bond acceptors (Lipinski definition) is 5. The Hall–Kier alpha value is -3.52. The average molecular weight is 434 g/mol. The van der Waals surface area contributed by atoms with Crippen LogP contribution in [0.1, 0.15) is 24.5 Å². The molecule has 0 saturated carbocycles. The highest BCUT2D eigenvalue weighted by molar-refractivity contribution is 7.71. The van der Waals surface area contributed by atoms with Crippen LogP contribution >= 0.6 is 12.2 Å². The van der Waals surface area contributed by atoms with E-state index >= 15 is 0 Å². The van der Waals surface area contributed by atoms with Crippen LogP contribution in [0.3, 0.4) is 0 Å². The second-order valence-electron chi connectivity index (χ2n) is 7.30.